The zero-order valence-corrected chi connectivity index (χ0v) is 20.9. The molecule has 4 atom stereocenters. The number of methoxy groups -OCH3 is 1. The first-order valence-corrected chi connectivity index (χ1v) is 12.0. The van der Waals surface area contributed by atoms with Gasteiger partial charge < -0.3 is 20.5 Å². The van der Waals surface area contributed by atoms with Crippen LogP contribution in [-0.4, -0.2) is 53.6 Å². The van der Waals surface area contributed by atoms with Gasteiger partial charge >= 0.3 is 0 Å². The predicted octanol–water partition coefficient (Wildman–Crippen LogP) is 3.05. The SMILES string of the molecule is COCC[C@H]([C@H]1C[C@@H]1C(=O)N[C@H]1CC(C)(C)Oc2c(F)cc(F)cc21)N1C(=O)CC(C)(C)N=C1N. The highest BCUT2D eigenvalue weighted by atomic mass is 19.1. The molecule has 0 aromatic heterocycles. The molecule has 35 heavy (non-hydrogen) atoms. The number of nitrogens with zero attached hydrogens (tertiary/aromatic N) is 2. The Morgan fingerprint density at radius 1 is 1.34 bits per heavy atom. The number of fused-ring (bicyclic) bond motifs is 1. The van der Waals surface area contributed by atoms with Crippen LogP contribution < -0.4 is 15.8 Å². The van der Waals surface area contributed by atoms with E-state index in [9.17, 15) is 18.4 Å². The van der Waals surface area contributed by atoms with Crippen LogP contribution in [0.1, 0.15) is 65.0 Å². The normalized spacial score (nSPS) is 27.4. The van der Waals surface area contributed by atoms with Crippen molar-refractivity contribution in [3.63, 3.8) is 0 Å². The summed E-state index contributed by atoms with van der Waals surface area (Å²) >= 11 is 0. The molecular formula is C25H34F2N4O4. The fourth-order valence-corrected chi connectivity index (χ4v) is 5.33. The van der Waals surface area contributed by atoms with E-state index in [0.717, 1.165) is 6.07 Å². The molecule has 1 aromatic rings. The zero-order chi connectivity index (χ0) is 25.7. The molecular weight excluding hydrogens is 458 g/mol. The monoisotopic (exact) mass is 492 g/mol. The first-order chi connectivity index (χ1) is 16.3. The molecule has 2 heterocycles. The average Bonchev–Trinajstić information content (AvgIpc) is 3.50. The van der Waals surface area contributed by atoms with Crippen LogP contribution in [-0.2, 0) is 14.3 Å². The molecule has 10 heteroatoms. The smallest absolute Gasteiger partial charge is 0.231 e. The molecule has 8 nitrogen and oxygen atoms in total. The molecule has 1 fully saturated rings. The molecule has 1 saturated carbocycles. The van der Waals surface area contributed by atoms with Crippen LogP contribution in [0.4, 0.5) is 8.78 Å². The molecule has 1 aliphatic carbocycles. The number of carbonyl (C=O) groups excluding carboxylic acids is 2. The lowest BCUT2D eigenvalue weighted by atomic mass is 9.89. The number of halogens is 2. The molecule has 4 rings (SSSR count). The molecule has 0 bridgehead atoms. The quantitative estimate of drug-likeness (QED) is 0.609. The van der Waals surface area contributed by atoms with E-state index in [1.165, 1.54) is 11.0 Å². The van der Waals surface area contributed by atoms with Crippen molar-refractivity contribution in [1.82, 2.24) is 10.2 Å². The average molecular weight is 493 g/mol. The Hall–Kier alpha value is -2.75. The van der Waals surface area contributed by atoms with Crippen LogP contribution in [0.3, 0.4) is 0 Å². The fourth-order valence-electron chi connectivity index (χ4n) is 5.33. The highest BCUT2D eigenvalue weighted by Crippen LogP contribution is 2.47. The first-order valence-electron chi connectivity index (χ1n) is 12.0. The second-order valence-corrected chi connectivity index (χ2v) is 11.0. The molecule has 0 spiro atoms. The number of hydrogen-bond donors (Lipinski definition) is 2. The molecule has 3 N–H and O–H groups in total. The van der Waals surface area contributed by atoms with Crippen molar-refractivity contribution in [2.75, 3.05) is 13.7 Å². The third-order valence-corrected chi connectivity index (χ3v) is 6.94. The lowest BCUT2D eigenvalue weighted by Gasteiger charge is -2.38. The van der Waals surface area contributed by atoms with Gasteiger partial charge in [0.15, 0.2) is 17.5 Å². The largest absolute Gasteiger partial charge is 0.484 e. The van der Waals surface area contributed by atoms with Crippen LogP contribution in [0.15, 0.2) is 17.1 Å². The summed E-state index contributed by atoms with van der Waals surface area (Å²) in [4.78, 5) is 32.2. The summed E-state index contributed by atoms with van der Waals surface area (Å²) in [7, 11) is 1.58. The number of carbonyl (C=O) groups is 2. The van der Waals surface area contributed by atoms with Gasteiger partial charge in [0.25, 0.3) is 0 Å². The minimum Gasteiger partial charge on any atom is -0.484 e. The lowest BCUT2D eigenvalue weighted by molar-refractivity contribution is -0.132. The third kappa shape index (κ3) is 5.27. The van der Waals surface area contributed by atoms with Crippen LogP contribution in [0.5, 0.6) is 5.75 Å². The van der Waals surface area contributed by atoms with Gasteiger partial charge in [-0.25, -0.2) is 13.8 Å². The summed E-state index contributed by atoms with van der Waals surface area (Å²) in [6.07, 6.45) is 1.67. The maximum atomic E-state index is 14.4. The van der Waals surface area contributed by atoms with Gasteiger partial charge in [-0.2, -0.15) is 0 Å². The lowest BCUT2D eigenvalue weighted by Crippen LogP contribution is -2.55. The van der Waals surface area contributed by atoms with E-state index in [4.69, 9.17) is 15.2 Å². The van der Waals surface area contributed by atoms with E-state index in [1.807, 2.05) is 13.8 Å². The molecule has 0 unspecified atom stereocenters. The summed E-state index contributed by atoms with van der Waals surface area (Å²) in [5, 5.41) is 2.98. The molecule has 2 amide bonds. The summed E-state index contributed by atoms with van der Waals surface area (Å²) < 4.78 is 39.4. The number of ether oxygens (including phenoxy) is 2. The van der Waals surface area contributed by atoms with Crippen molar-refractivity contribution in [2.45, 2.75) is 76.6 Å². The van der Waals surface area contributed by atoms with Gasteiger partial charge in [0.1, 0.15) is 11.4 Å². The van der Waals surface area contributed by atoms with Gasteiger partial charge in [-0.3, -0.25) is 14.5 Å². The molecule has 3 aliphatic rings. The fraction of sp³-hybridized carbons (Fsp3) is 0.640. The summed E-state index contributed by atoms with van der Waals surface area (Å²) in [6.45, 7) is 7.70. The van der Waals surface area contributed by atoms with Gasteiger partial charge in [0.2, 0.25) is 11.8 Å². The van der Waals surface area contributed by atoms with Crippen molar-refractivity contribution in [1.29, 1.82) is 0 Å². The van der Waals surface area contributed by atoms with Gasteiger partial charge in [-0.15, -0.1) is 0 Å². The second kappa shape index (κ2) is 9.04. The van der Waals surface area contributed by atoms with E-state index in [2.05, 4.69) is 10.3 Å². The second-order valence-electron chi connectivity index (χ2n) is 11.0. The summed E-state index contributed by atoms with van der Waals surface area (Å²) in [6, 6.07) is 1.05. The van der Waals surface area contributed by atoms with Crippen molar-refractivity contribution in [3.05, 3.63) is 29.3 Å². The maximum absolute atomic E-state index is 14.4. The number of benzene rings is 1. The Bertz CT molecular complexity index is 1060. The minimum absolute atomic E-state index is 0.0382. The Kier molecular flexibility index (Phi) is 6.54. The van der Waals surface area contributed by atoms with Crippen molar-refractivity contribution >= 4 is 17.8 Å². The van der Waals surface area contributed by atoms with Crippen molar-refractivity contribution < 1.29 is 27.8 Å². The number of nitrogens with one attached hydrogen (secondary N) is 1. The topological polar surface area (TPSA) is 106 Å². The number of aliphatic imine (C=N–C) groups is 1. The van der Waals surface area contributed by atoms with Gasteiger partial charge in [-0.1, -0.05) is 0 Å². The van der Waals surface area contributed by atoms with Crippen LogP contribution in [0, 0.1) is 23.5 Å². The first kappa shape index (κ1) is 25.3. The number of nitrogens with two attached hydrogens (primary N) is 1. The van der Waals surface area contributed by atoms with Gasteiger partial charge in [-0.05, 0) is 52.5 Å². The molecule has 0 radical (unpaired) electrons. The molecule has 1 aromatic carbocycles. The predicted molar refractivity (Wildman–Crippen MR) is 126 cm³/mol. The van der Waals surface area contributed by atoms with Crippen LogP contribution >= 0.6 is 0 Å². The number of hydrogen-bond acceptors (Lipinski definition) is 6. The van der Waals surface area contributed by atoms with Crippen LogP contribution in [0.25, 0.3) is 0 Å². The van der Waals surface area contributed by atoms with E-state index in [0.29, 0.717) is 25.9 Å². The highest BCUT2D eigenvalue weighted by Gasteiger charge is 2.52. The van der Waals surface area contributed by atoms with Crippen LogP contribution in [0.2, 0.25) is 0 Å². The molecule has 2 aliphatic heterocycles. The number of guanidine groups is 1. The Morgan fingerprint density at radius 3 is 2.71 bits per heavy atom. The Balaban J connectivity index is 1.53. The molecule has 0 saturated heterocycles. The Labute approximate surface area is 204 Å². The number of rotatable bonds is 7. The summed E-state index contributed by atoms with van der Waals surface area (Å²) in [5.41, 5.74) is 5.16. The summed E-state index contributed by atoms with van der Waals surface area (Å²) in [5.74, 6) is -2.24. The van der Waals surface area contributed by atoms with Crippen molar-refractivity contribution in [3.8, 4) is 5.75 Å². The van der Waals surface area contributed by atoms with Gasteiger partial charge in [0, 0.05) is 43.7 Å². The third-order valence-electron chi connectivity index (χ3n) is 6.94. The Morgan fingerprint density at radius 2 is 2.06 bits per heavy atom. The number of amides is 2. The van der Waals surface area contributed by atoms with E-state index >= 15 is 0 Å². The van der Waals surface area contributed by atoms with E-state index in [-0.39, 0.29) is 53.4 Å². The van der Waals surface area contributed by atoms with Gasteiger partial charge in [0.05, 0.1) is 18.0 Å². The highest BCUT2D eigenvalue weighted by molar-refractivity contribution is 5.99. The van der Waals surface area contributed by atoms with E-state index < -0.39 is 28.8 Å². The molecule has 192 valence electrons. The maximum Gasteiger partial charge on any atom is 0.231 e. The standard InChI is InChI=1S/C25H34F2N4O4/c1-24(2)12-20(32)31(23(28)30-24)19(6-7-34-5)14-10-15(14)22(33)29-18-11-25(3,4)35-21-16(18)8-13(26)9-17(21)27/h8-9,14-15,18-19H,6-7,10-12H2,1-5H3,(H2,28,30)(H,29,33)/t14-,15-,18-,19+/m0/s1. The van der Waals surface area contributed by atoms with Crippen molar-refractivity contribution in [2.24, 2.45) is 22.6 Å². The van der Waals surface area contributed by atoms with E-state index in [1.54, 1.807) is 21.0 Å². The zero-order valence-electron chi connectivity index (χ0n) is 20.9. The minimum atomic E-state index is -0.794.